The van der Waals surface area contributed by atoms with Gasteiger partial charge in [0.15, 0.2) is 0 Å². The average Bonchev–Trinajstić information content (AvgIpc) is 3.59. The van der Waals surface area contributed by atoms with Gasteiger partial charge in [-0.1, -0.05) is 34.6 Å². The van der Waals surface area contributed by atoms with Crippen molar-refractivity contribution in [2.45, 2.75) is 99.6 Å². The van der Waals surface area contributed by atoms with E-state index in [2.05, 4.69) is 58.4 Å². The standard InChI is InChI=1S/C25H41N5O2.C4H10/c1-17(2)13-22-25(32)29(12-9-26-22)16-24(31)28-10-7-20(8-11-28)14-23-27-18(3)19(4)30(23)15-21-5-6-21;1-4(2)3/h17,20-22,26H,5-16H2,1-4H3;4H,1-3H3. The SMILES string of the molecule is CC(C)C.Cc1nc(CC2CCN(C(=O)CN3CCNC(CC(C)C)C3=O)CC2)n(CC2CC2)c1C. The molecule has 1 unspecified atom stereocenters. The monoisotopic (exact) mass is 501 g/mol. The lowest BCUT2D eigenvalue weighted by molar-refractivity contribution is -0.144. The molecule has 1 saturated carbocycles. The molecule has 3 aliphatic rings. The number of hydrogen-bond donors (Lipinski definition) is 1. The molecule has 0 spiro atoms. The molecule has 36 heavy (non-hydrogen) atoms. The molecule has 1 atom stereocenters. The van der Waals surface area contributed by atoms with Crippen molar-refractivity contribution in [2.75, 3.05) is 32.7 Å². The van der Waals surface area contributed by atoms with Gasteiger partial charge in [0.1, 0.15) is 5.82 Å². The maximum Gasteiger partial charge on any atom is 0.242 e. The van der Waals surface area contributed by atoms with Crippen LogP contribution in [-0.2, 0) is 22.6 Å². The summed E-state index contributed by atoms with van der Waals surface area (Å²) in [6.07, 6.45) is 6.58. The number of amides is 2. The third-order valence-electron chi connectivity index (χ3n) is 7.53. The molecular weight excluding hydrogens is 450 g/mol. The minimum atomic E-state index is -0.145. The molecule has 0 bridgehead atoms. The van der Waals surface area contributed by atoms with E-state index in [0.717, 1.165) is 69.4 Å². The Kier molecular flexibility index (Phi) is 10.4. The Bertz CT molecular complexity index is 863. The summed E-state index contributed by atoms with van der Waals surface area (Å²) < 4.78 is 2.45. The second kappa shape index (κ2) is 13.1. The smallest absolute Gasteiger partial charge is 0.242 e. The molecule has 4 rings (SSSR count). The van der Waals surface area contributed by atoms with Crippen molar-refractivity contribution in [1.29, 1.82) is 0 Å². The van der Waals surface area contributed by atoms with Crippen LogP contribution in [0.3, 0.4) is 0 Å². The molecule has 204 valence electrons. The normalized spacial score (nSPS) is 21.2. The van der Waals surface area contributed by atoms with Gasteiger partial charge < -0.3 is 19.7 Å². The first-order chi connectivity index (χ1) is 17.0. The van der Waals surface area contributed by atoms with E-state index in [0.29, 0.717) is 18.4 Å². The number of likely N-dealkylation sites (tertiary alicyclic amines) is 1. The van der Waals surface area contributed by atoms with Crippen molar-refractivity contribution >= 4 is 11.8 Å². The molecule has 0 radical (unpaired) electrons. The Morgan fingerprint density at radius 3 is 2.22 bits per heavy atom. The van der Waals surface area contributed by atoms with Gasteiger partial charge in [-0.25, -0.2) is 4.98 Å². The second-order valence-electron chi connectivity index (χ2n) is 12.4. The van der Waals surface area contributed by atoms with Crippen molar-refractivity contribution < 1.29 is 9.59 Å². The summed E-state index contributed by atoms with van der Waals surface area (Å²) >= 11 is 0. The summed E-state index contributed by atoms with van der Waals surface area (Å²) in [6.45, 7) is 19.4. The van der Waals surface area contributed by atoms with E-state index in [1.165, 1.54) is 24.4 Å². The van der Waals surface area contributed by atoms with E-state index >= 15 is 0 Å². The molecule has 7 nitrogen and oxygen atoms in total. The van der Waals surface area contributed by atoms with Crippen molar-refractivity contribution in [1.82, 2.24) is 24.7 Å². The number of aromatic nitrogens is 2. The number of hydrogen-bond acceptors (Lipinski definition) is 4. The van der Waals surface area contributed by atoms with Crippen LogP contribution in [0.5, 0.6) is 0 Å². The van der Waals surface area contributed by atoms with Gasteiger partial charge in [-0.2, -0.15) is 0 Å². The number of aryl methyl sites for hydroxylation is 1. The molecule has 1 aromatic rings. The summed E-state index contributed by atoms with van der Waals surface area (Å²) in [5, 5.41) is 3.31. The van der Waals surface area contributed by atoms with Crippen LogP contribution in [0.2, 0.25) is 0 Å². The van der Waals surface area contributed by atoms with Crippen molar-refractivity contribution in [3.63, 3.8) is 0 Å². The number of rotatable bonds is 8. The van der Waals surface area contributed by atoms with E-state index in [4.69, 9.17) is 4.98 Å². The van der Waals surface area contributed by atoms with Crippen molar-refractivity contribution in [3.05, 3.63) is 17.2 Å². The van der Waals surface area contributed by atoms with Crippen LogP contribution in [0.1, 0.15) is 83.9 Å². The zero-order valence-electron chi connectivity index (χ0n) is 24.0. The molecule has 3 heterocycles. The fourth-order valence-electron chi connectivity index (χ4n) is 5.19. The van der Waals surface area contributed by atoms with E-state index in [-0.39, 0.29) is 24.4 Å². The number of piperazine rings is 1. The average molecular weight is 502 g/mol. The first-order valence-corrected chi connectivity index (χ1v) is 14.4. The van der Waals surface area contributed by atoms with Crippen LogP contribution in [0.25, 0.3) is 0 Å². The zero-order chi connectivity index (χ0) is 26.4. The molecular formula is C29H51N5O2. The van der Waals surface area contributed by atoms with Gasteiger partial charge in [-0.15, -0.1) is 0 Å². The quantitative estimate of drug-likeness (QED) is 0.580. The highest BCUT2D eigenvalue weighted by atomic mass is 16.2. The van der Waals surface area contributed by atoms with E-state index in [1.54, 1.807) is 4.90 Å². The molecule has 0 aromatic carbocycles. The first-order valence-electron chi connectivity index (χ1n) is 14.4. The van der Waals surface area contributed by atoms with Crippen LogP contribution >= 0.6 is 0 Å². The summed E-state index contributed by atoms with van der Waals surface area (Å²) in [4.78, 5) is 34.3. The Balaban J connectivity index is 0.000000840. The Morgan fingerprint density at radius 2 is 1.64 bits per heavy atom. The van der Waals surface area contributed by atoms with Gasteiger partial charge in [0.05, 0.1) is 18.3 Å². The lowest BCUT2D eigenvalue weighted by atomic mass is 9.93. The molecule has 7 heteroatoms. The van der Waals surface area contributed by atoms with Crippen LogP contribution in [-0.4, -0.2) is 69.9 Å². The van der Waals surface area contributed by atoms with Gasteiger partial charge in [0, 0.05) is 44.8 Å². The second-order valence-corrected chi connectivity index (χ2v) is 12.4. The minimum Gasteiger partial charge on any atom is -0.341 e. The van der Waals surface area contributed by atoms with Crippen LogP contribution in [0, 0.1) is 37.5 Å². The van der Waals surface area contributed by atoms with Crippen molar-refractivity contribution in [2.24, 2.45) is 23.7 Å². The fraction of sp³-hybridized carbons (Fsp3) is 0.828. The van der Waals surface area contributed by atoms with Gasteiger partial charge in [0.25, 0.3) is 0 Å². The first kappa shape index (κ1) is 28.7. The van der Waals surface area contributed by atoms with Crippen LogP contribution in [0.15, 0.2) is 0 Å². The highest BCUT2D eigenvalue weighted by molar-refractivity contribution is 5.88. The molecule has 1 N–H and O–H groups in total. The minimum absolute atomic E-state index is 0.0847. The summed E-state index contributed by atoms with van der Waals surface area (Å²) in [6, 6.07) is -0.145. The van der Waals surface area contributed by atoms with Crippen LogP contribution < -0.4 is 5.32 Å². The topological polar surface area (TPSA) is 70.5 Å². The van der Waals surface area contributed by atoms with Gasteiger partial charge in [-0.05, 0) is 69.6 Å². The van der Waals surface area contributed by atoms with Gasteiger partial charge in [0.2, 0.25) is 11.8 Å². The number of carbonyl (C=O) groups is 2. The highest BCUT2D eigenvalue weighted by Gasteiger charge is 2.32. The number of nitrogens with one attached hydrogen (secondary N) is 1. The number of piperidine rings is 1. The lowest BCUT2D eigenvalue weighted by Crippen LogP contribution is -2.57. The van der Waals surface area contributed by atoms with Gasteiger partial charge >= 0.3 is 0 Å². The zero-order valence-corrected chi connectivity index (χ0v) is 24.0. The molecule has 2 saturated heterocycles. The molecule has 3 fully saturated rings. The van der Waals surface area contributed by atoms with Gasteiger partial charge in [-0.3, -0.25) is 9.59 Å². The summed E-state index contributed by atoms with van der Waals surface area (Å²) in [5.41, 5.74) is 2.47. The Labute approximate surface area is 219 Å². The number of imidazole rings is 1. The fourth-order valence-corrected chi connectivity index (χ4v) is 5.19. The highest BCUT2D eigenvalue weighted by Crippen LogP contribution is 2.32. The third-order valence-corrected chi connectivity index (χ3v) is 7.53. The largest absolute Gasteiger partial charge is 0.341 e. The molecule has 1 aromatic heterocycles. The van der Waals surface area contributed by atoms with E-state index in [1.807, 2.05) is 4.90 Å². The van der Waals surface area contributed by atoms with Crippen molar-refractivity contribution in [3.8, 4) is 0 Å². The number of nitrogens with zero attached hydrogens (tertiary/aromatic N) is 4. The lowest BCUT2D eigenvalue weighted by Gasteiger charge is -2.36. The predicted octanol–water partition coefficient (Wildman–Crippen LogP) is 4.20. The maximum atomic E-state index is 12.9. The van der Waals surface area contributed by atoms with E-state index in [9.17, 15) is 9.59 Å². The summed E-state index contributed by atoms with van der Waals surface area (Å²) in [7, 11) is 0. The molecule has 2 amide bonds. The molecule has 2 aliphatic heterocycles. The van der Waals surface area contributed by atoms with E-state index < -0.39 is 0 Å². The summed E-state index contributed by atoms with van der Waals surface area (Å²) in [5.74, 6) is 4.13. The maximum absolute atomic E-state index is 12.9. The molecule has 1 aliphatic carbocycles. The Hall–Kier alpha value is -1.89. The van der Waals surface area contributed by atoms with Crippen LogP contribution in [0.4, 0.5) is 0 Å². The predicted molar refractivity (Wildman–Crippen MR) is 146 cm³/mol. The number of carbonyl (C=O) groups excluding carboxylic acids is 2. The third kappa shape index (κ3) is 8.32. The Morgan fingerprint density at radius 1 is 1.00 bits per heavy atom.